The first-order valence-corrected chi connectivity index (χ1v) is 7.84. The second kappa shape index (κ2) is 8.70. The van der Waals surface area contributed by atoms with E-state index in [0.29, 0.717) is 32.0 Å². The molecule has 2 aliphatic heterocycles. The Labute approximate surface area is 138 Å². The fourth-order valence-corrected chi connectivity index (χ4v) is 3.25. The molecule has 2 amide bonds. The largest absolute Gasteiger partial charge is 0.383 e. The summed E-state index contributed by atoms with van der Waals surface area (Å²) in [4.78, 5) is 28.2. The van der Waals surface area contributed by atoms with E-state index in [-0.39, 0.29) is 36.2 Å². The number of methoxy groups -OCH3 is 1. The van der Waals surface area contributed by atoms with Gasteiger partial charge in [0.05, 0.1) is 12.5 Å². The fraction of sp³-hybridized carbons (Fsp3) is 0.867. The Morgan fingerprint density at radius 3 is 2.82 bits per heavy atom. The Bertz CT molecular complexity index is 392. The smallest absolute Gasteiger partial charge is 0.228 e. The lowest BCUT2D eigenvalue weighted by Gasteiger charge is -2.35. The maximum atomic E-state index is 12.6. The van der Waals surface area contributed by atoms with E-state index in [4.69, 9.17) is 10.5 Å². The van der Waals surface area contributed by atoms with E-state index in [1.165, 1.54) is 0 Å². The van der Waals surface area contributed by atoms with Crippen LogP contribution in [0.5, 0.6) is 0 Å². The van der Waals surface area contributed by atoms with Crippen molar-refractivity contribution in [3.05, 3.63) is 0 Å². The maximum absolute atomic E-state index is 12.6. The third-order valence-corrected chi connectivity index (χ3v) is 4.64. The molecular weight excluding hydrogens is 306 g/mol. The summed E-state index contributed by atoms with van der Waals surface area (Å²) < 4.78 is 5.00. The molecule has 3 unspecified atom stereocenters. The Hall–Kier alpha value is -0.850. The number of hydrogen-bond donors (Lipinski definition) is 1. The lowest BCUT2D eigenvalue weighted by molar-refractivity contribution is -0.137. The Balaban J connectivity index is 0.00000242. The summed E-state index contributed by atoms with van der Waals surface area (Å²) in [5.74, 6) is 0.366. The van der Waals surface area contributed by atoms with Gasteiger partial charge in [-0.2, -0.15) is 0 Å². The highest BCUT2D eigenvalue weighted by Gasteiger charge is 2.37. The number of nitrogens with two attached hydrogens (primary N) is 1. The lowest BCUT2D eigenvalue weighted by atomic mass is 9.91. The van der Waals surface area contributed by atoms with Crippen LogP contribution in [0.25, 0.3) is 0 Å². The van der Waals surface area contributed by atoms with Crippen molar-refractivity contribution >= 4 is 24.2 Å². The molecule has 3 atom stereocenters. The molecule has 22 heavy (non-hydrogen) atoms. The molecule has 0 spiro atoms. The predicted octanol–water partition coefficient (Wildman–Crippen LogP) is 0.489. The number of hydrogen-bond acceptors (Lipinski definition) is 4. The number of carbonyl (C=O) groups excluding carboxylic acids is 2. The molecule has 0 aromatic rings. The van der Waals surface area contributed by atoms with Crippen LogP contribution in [-0.4, -0.2) is 67.6 Å². The van der Waals surface area contributed by atoms with Gasteiger partial charge in [0, 0.05) is 45.8 Å². The topological polar surface area (TPSA) is 75.9 Å². The first-order chi connectivity index (χ1) is 10.0. The predicted molar refractivity (Wildman–Crippen MR) is 86.8 cm³/mol. The fourth-order valence-electron chi connectivity index (χ4n) is 3.25. The van der Waals surface area contributed by atoms with E-state index in [1.807, 2.05) is 11.8 Å². The van der Waals surface area contributed by atoms with E-state index in [9.17, 15) is 9.59 Å². The third kappa shape index (κ3) is 4.57. The van der Waals surface area contributed by atoms with Gasteiger partial charge in [0.15, 0.2) is 0 Å². The van der Waals surface area contributed by atoms with Gasteiger partial charge in [0.2, 0.25) is 11.8 Å². The van der Waals surface area contributed by atoms with E-state index >= 15 is 0 Å². The summed E-state index contributed by atoms with van der Waals surface area (Å²) in [5.41, 5.74) is 5.97. The SMILES string of the molecule is COCCN1CC(C(=O)N2CCCC(C(C)N)C2)CC1=O.Cl. The molecule has 7 heteroatoms. The molecule has 6 nitrogen and oxygen atoms in total. The maximum Gasteiger partial charge on any atom is 0.228 e. The van der Waals surface area contributed by atoms with Crippen LogP contribution < -0.4 is 5.73 Å². The standard InChI is InChI=1S/C15H27N3O3.ClH/c1-11(16)12-4-3-5-18(9-12)15(20)13-8-14(19)17(10-13)6-7-21-2;/h11-13H,3-10,16H2,1-2H3;1H. The number of halogens is 1. The number of piperidine rings is 1. The van der Waals surface area contributed by atoms with Crippen molar-refractivity contribution in [1.82, 2.24) is 9.80 Å². The molecule has 2 rings (SSSR count). The molecule has 0 aromatic carbocycles. The van der Waals surface area contributed by atoms with Crippen LogP contribution in [0.2, 0.25) is 0 Å². The summed E-state index contributed by atoms with van der Waals surface area (Å²) in [6.07, 6.45) is 2.43. The van der Waals surface area contributed by atoms with Gasteiger partial charge in [-0.15, -0.1) is 12.4 Å². The van der Waals surface area contributed by atoms with Crippen molar-refractivity contribution in [2.75, 3.05) is 39.9 Å². The van der Waals surface area contributed by atoms with Crippen LogP contribution in [0.1, 0.15) is 26.2 Å². The van der Waals surface area contributed by atoms with Gasteiger partial charge in [-0.1, -0.05) is 0 Å². The van der Waals surface area contributed by atoms with Crippen molar-refractivity contribution < 1.29 is 14.3 Å². The average molecular weight is 334 g/mol. The lowest BCUT2D eigenvalue weighted by Crippen LogP contribution is -2.47. The number of amides is 2. The van der Waals surface area contributed by atoms with Crippen LogP contribution in [0.3, 0.4) is 0 Å². The summed E-state index contributed by atoms with van der Waals surface area (Å²) >= 11 is 0. The van der Waals surface area contributed by atoms with E-state index in [0.717, 1.165) is 25.9 Å². The molecule has 128 valence electrons. The molecule has 0 bridgehead atoms. The highest BCUT2D eigenvalue weighted by Crippen LogP contribution is 2.24. The van der Waals surface area contributed by atoms with Crippen molar-refractivity contribution in [1.29, 1.82) is 0 Å². The molecule has 0 aliphatic carbocycles. The van der Waals surface area contributed by atoms with Gasteiger partial charge in [-0.25, -0.2) is 0 Å². The van der Waals surface area contributed by atoms with Crippen molar-refractivity contribution in [3.8, 4) is 0 Å². The highest BCUT2D eigenvalue weighted by atomic mass is 35.5. The first kappa shape index (κ1) is 19.2. The van der Waals surface area contributed by atoms with Crippen LogP contribution in [-0.2, 0) is 14.3 Å². The molecular formula is C15H28ClN3O3. The molecule has 2 fully saturated rings. The zero-order valence-corrected chi connectivity index (χ0v) is 14.3. The van der Waals surface area contributed by atoms with Crippen LogP contribution in [0, 0.1) is 11.8 Å². The van der Waals surface area contributed by atoms with Gasteiger partial charge >= 0.3 is 0 Å². The van der Waals surface area contributed by atoms with Gasteiger partial charge in [-0.3, -0.25) is 9.59 Å². The minimum absolute atomic E-state index is 0. The molecule has 2 N–H and O–H groups in total. The van der Waals surface area contributed by atoms with Gasteiger partial charge in [0.25, 0.3) is 0 Å². The van der Waals surface area contributed by atoms with Crippen molar-refractivity contribution in [2.45, 2.75) is 32.2 Å². The minimum Gasteiger partial charge on any atom is -0.383 e. The Kier molecular flexibility index (Phi) is 7.59. The molecule has 0 radical (unpaired) electrons. The van der Waals surface area contributed by atoms with E-state index in [2.05, 4.69) is 0 Å². The highest BCUT2D eigenvalue weighted by molar-refractivity contribution is 5.89. The van der Waals surface area contributed by atoms with Crippen molar-refractivity contribution in [3.63, 3.8) is 0 Å². The van der Waals surface area contributed by atoms with Gasteiger partial charge in [0.1, 0.15) is 0 Å². The second-order valence-electron chi connectivity index (χ2n) is 6.28. The number of carbonyl (C=O) groups is 2. The van der Waals surface area contributed by atoms with Crippen molar-refractivity contribution in [2.24, 2.45) is 17.6 Å². The van der Waals surface area contributed by atoms with Crippen LogP contribution >= 0.6 is 12.4 Å². The van der Waals surface area contributed by atoms with E-state index < -0.39 is 0 Å². The average Bonchev–Trinajstić information content (AvgIpc) is 2.85. The zero-order valence-electron chi connectivity index (χ0n) is 13.5. The monoisotopic (exact) mass is 333 g/mol. The molecule has 2 heterocycles. The summed E-state index contributed by atoms with van der Waals surface area (Å²) in [7, 11) is 1.62. The molecule has 2 saturated heterocycles. The van der Waals surface area contributed by atoms with Gasteiger partial charge < -0.3 is 20.3 Å². The summed E-state index contributed by atoms with van der Waals surface area (Å²) in [6, 6.07) is 0.115. The zero-order chi connectivity index (χ0) is 15.4. The summed E-state index contributed by atoms with van der Waals surface area (Å²) in [5, 5.41) is 0. The van der Waals surface area contributed by atoms with E-state index in [1.54, 1.807) is 12.0 Å². The summed E-state index contributed by atoms with van der Waals surface area (Å²) in [6.45, 7) is 5.15. The quantitative estimate of drug-likeness (QED) is 0.794. The second-order valence-corrected chi connectivity index (χ2v) is 6.28. The number of rotatable bonds is 5. The normalized spacial score (nSPS) is 26.8. The minimum atomic E-state index is -0.193. The number of ether oxygens (including phenoxy) is 1. The molecule has 0 aromatic heterocycles. The Morgan fingerprint density at radius 1 is 1.45 bits per heavy atom. The Morgan fingerprint density at radius 2 is 2.18 bits per heavy atom. The first-order valence-electron chi connectivity index (χ1n) is 7.84. The molecule has 2 aliphatic rings. The third-order valence-electron chi connectivity index (χ3n) is 4.64. The number of likely N-dealkylation sites (tertiary alicyclic amines) is 2. The molecule has 0 saturated carbocycles. The van der Waals surface area contributed by atoms with Crippen LogP contribution in [0.15, 0.2) is 0 Å². The van der Waals surface area contributed by atoms with Gasteiger partial charge in [-0.05, 0) is 25.7 Å². The number of nitrogens with zero attached hydrogens (tertiary/aromatic N) is 2. The van der Waals surface area contributed by atoms with Crippen LogP contribution in [0.4, 0.5) is 0 Å².